The molecule has 0 spiro atoms. The van der Waals surface area contributed by atoms with E-state index >= 15 is 0 Å². The van der Waals surface area contributed by atoms with E-state index in [1.807, 2.05) is 0 Å². The minimum atomic E-state index is -5.03. The number of alkyl halides is 3. The molecule has 0 aliphatic rings. The predicted octanol–water partition coefficient (Wildman–Crippen LogP) is 6.53. The van der Waals surface area contributed by atoms with Gasteiger partial charge < -0.3 is 9.47 Å². The summed E-state index contributed by atoms with van der Waals surface area (Å²) in [5.74, 6) is -5.73. The molecular weight excluding hydrogens is 438 g/mol. The third kappa shape index (κ3) is 3.91. The Morgan fingerprint density at radius 3 is 2.38 bits per heavy atom. The van der Waals surface area contributed by atoms with Crippen LogP contribution in [0.5, 0.6) is 17.2 Å². The van der Waals surface area contributed by atoms with Crippen LogP contribution >= 0.6 is 0 Å². The summed E-state index contributed by atoms with van der Waals surface area (Å²) in [6.07, 6.45) is -2.03. The fraction of sp³-hybridized carbons (Fsp3) is 0.0909. The van der Waals surface area contributed by atoms with Gasteiger partial charge in [-0.05, 0) is 42.5 Å². The zero-order valence-electron chi connectivity index (χ0n) is 16.2. The zero-order valence-corrected chi connectivity index (χ0v) is 16.2. The highest BCUT2D eigenvalue weighted by Crippen LogP contribution is 2.43. The Labute approximate surface area is 177 Å². The molecule has 0 radical (unpaired) electrons. The molecule has 0 bridgehead atoms. The summed E-state index contributed by atoms with van der Waals surface area (Å²) in [4.78, 5) is 8.27. The van der Waals surface area contributed by atoms with Gasteiger partial charge in [0.05, 0.1) is 23.9 Å². The van der Waals surface area contributed by atoms with Crippen LogP contribution in [0.2, 0.25) is 0 Å². The molecule has 0 unspecified atom stereocenters. The molecule has 0 fully saturated rings. The Morgan fingerprint density at radius 1 is 0.875 bits per heavy atom. The van der Waals surface area contributed by atoms with Gasteiger partial charge in [0.1, 0.15) is 11.6 Å². The van der Waals surface area contributed by atoms with E-state index in [-0.39, 0.29) is 11.3 Å². The zero-order chi connectivity index (χ0) is 23.0. The maximum atomic E-state index is 14.4. The van der Waals surface area contributed by atoms with Crippen LogP contribution in [-0.2, 0) is 6.18 Å². The summed E-state index contributed by atoms with van der Waals surface area (Å²) in [5, 5.41) is 0.647. The molecule has 2 aromatic carbocycles. The minimum absolute atomic E-state index is 0.0906. The van der Waals surface area contributed by atoms with Crippen LogP contribution in [0.4, 0.5) is 26.3 Å². The normalized spacial score (nSPS) is 11.6. The van der Waals surface area contributed by atoms with Crippen molar-refractivity contribution in [1.82, 2.24) is 9.97 Å². The number of nitrogens with zero attached hydrogens (tertiary/aromatic N) is 2. The predicted molar refractivity (Wildman–Crippen MR) is 103 cm³/mol. The van der Waals surface area contributed by atoms with Crippen molar-refractivity contribution in [2.75, 3.05) is 7.11 Å². The topological polar surface area (TPSA) is 44.2 Å². The monoisotopic (exact) mass is 450 g/mol. The van der Waals surface area contributed by atoms with Gasteiger partial charge in [-0.15, -0.1) is 0 Å². The van der Waals surface area contributed by atoms with Crippen molar-refractivity contribution in [3.63, 3.8) is 0 Å². The van der Waals surface area contributed by atoms with Crippen LogP contribution in [-0.4, -0.2) is 17.1 Å². The maximum Gasteiger partial charge on any atom is 0.419 e. The molecule has 2 aromatic heterocycles. The lowest BCUT2D eigenvalue weighted by Crippen LogP contribution is -2.09. The van der Waals surface area contributed by atoms with Crippen LogP contribution < -0.4 is 9.47 Å². The second kappa shape index (κ2) is 8.03. The van der Waals surface area contributed by atoms with E-state index in [4.69, 9.17) is 9.47 Å². The first kappa shape index (κ1) is 21.4. The lowest BCUT2D eigenvalue weighted by molar-refractivity contribution is -0.140. The first-order chi connectivity index (χ1) is 15.2. The molecule has 32 heavy (non-hydrogen) atoms. The smallest absolute Gasteiger partial charge is 0.419 e. The summed E-state index contributed by atoms with van der Waals surface area (Å²) in [5.41, 5.74) is -1.19. The number of hydrogen-bond acceptors (Lipinski definition) is 4. The average Bonchev–Trinajstić information content (AvgIpc) is 2.76. The fourth-order valence-corrected chi connectivity index (χ4v) is 3.07. The van der Waals surface area contributed by atoms with Gasteiger partial charge in [0.2, 0.25) is 11.6 Å². The number of pyridine rings is 2. The summed E-state index contributed by atoms with van der Waals surface area (Å²) in [6, 6.07) is 7.38. The third-order valence-electron chi connectivity index (χ3n) is 4.58. The van der Waals surface area contributed by atoms with Crippen molar-refractivity contribution in [2.45, 2.75) is 6.18 Å². The number of methoxy groups -OCH3 is 1. The molecule has 4 rings (SSSR count). The quantitative estimate of drug-likeness (QED) is 0.332. The first-order valence-electron chi connectivity index (χ1n) is 9.00. The van der Waals surface area contributed by atoms with Crippen LogP contribution in [0.1, 0.15) is 5.56 Å². The van der Waals surface area contributed by atoms with Crippen molar-refractivity contribution in [3.05, 3.63) is 77.9 Å². The van der Waals surface area contributed by atoms with Gasteiger partial charge >= 0.3 is 6.18 Å². The Hall–Kier alpha value is -3.82. The van der Waals surface area contributed by atoms with Crippen molar-refractivity contribution in [1.29, 1.82) is 0 Å². The number of aromatic nitrogens is 2. The van der Waals surface area contributed by atoms with E-state index in [2.05, 4.69) is 9.97 Å². The lowest BCUT2D eigenvalue weighted by Gasteiger charge is -2.17. The molecule has 4 aromatic rings. The number of hydrogen-bond donors (Lipinski definition) is 0. The summed E-state index contributed by atoms with van der Waals surface area (Å²) in [7, 11) is 1.04. The molecule has 0 N–H and O–H groups in total. The van der Waals surface area contributed by atoms with E-state index in [1.165, 1.54) is 18.5 Å². The molecular formula is C22H12F6N2O2. The lowest BCUT2D eigenvalue weighted by atomic mass is 10.0. The Balaban J connectivity index is 1.92. The summed E-state index contributed by atoms with van der Waals surface area (Å²) in [6.45, 7) is 0. The van der Waals surface area contributed by atoms with Gasteiger partial charge in [0, 0.05) is 23.3 Å². The molecule has 0 aliphatic carbocycles. The summed E-state index contributed by atoms with van der Waals surface area (Å²) >= 11 is 0. The Bertz CT molecular complexity index is 1320. The molecule has 164 valence electrons. The number of rotatable bonds is 4. The highest BCUT2D eigenvalue weighted by molar-refractivity contribution is 5.82. The van der Waals surface area contributed by atoms with Crippen molar-refractivity contribution in [3.8, 4) is 28.5 Å². The largest absolute Gasteiger partial charge is 0.490 e. The second-order valence-corrected chi connectivity index (χ2v) is 6.59. The number of ether oxygens (including phenoxy) is 2. The van der Waals surface area contributed by atoms with E-state index in [9.17, 15) is 26.3 Å². The molecule has 0 saturated carbocycles. The molecule has 0 atom stereocenters. The van der Waals surface area contributed by atoms with Gasteiger partial charge in [-0.1, -0.05) is 0 Å². The van der Waals surface area contributed by atoms with Gasteiger partial charge in [0.25, 0.3) is 0 Å². The highest BCUT2D eigenvalue weighted by atomic mass is 19.4. The van der Waals surface area contributed by atoms with E-state index in [1.54, 1.807) is 12.1 Å². The average molecular weight is 450 g/mol. The van der Waals surface area contributed by atoms with Gasteiger partial charge in [-0.3, -0.25) is 4.98 Å². The first-order valence-corrected chi connectivity index (χ1v) is 9.00. The molecule has 2 heterocycles. The SMILES string of the molecule is COc1c(Oc2cc(C(F)(F)F)c(F)cc2-c2ccc3cnccc3n2)ccc(F)c1F. The fourth-order valence-electron chi connectivity index (χ4n) is 3.07. The Morgan fingerprint density at radius 2 is 1.66 bits per heavy atom. The minimum Gasteiger partial charge on any atom is -0.490 e. The standard InChI is InChI=1S/C22H12F6N2O2/c1-31-21-18(5-3-14(23)20(21)25)32-19-9-13(22(26,27)28)15(24)8-12(19)17-4-2-11-10-29-7-6-16(11)30-17/h2-10H,1H3. The summed E-state index contributed by atoms with van der Waals surface area (Å²) < 4.78 is 92.2. The van der Waals surface area contributed by atoms with E-state index in [0.717, 1.165) is 19.2 Å². The molecule has 4 nitrogen and oxygen atoms in total. The third-order valence-corrected chi connectivity index (χ3v) is 4.58. The van der Waals surface area contributed by atoms with Crippen molar-refractivity contribution < 1.29 is 35.8 Å². The van der Waals surface area contributed by atoms with E-state index in [0.29, 0.717) is 23.0 Å². The van der Waals surface area contributed by atoms with Gasteiger partial charge in [-0.25, -0.2) is 13.8 Å². The molecule has 0 aliphatic heterocycles. The van der Waals surface area contributed by atoms with Gasteiger partial charge in [0.15, 0.2) is 11.6 Å². The van der Waals surface area contributed by atoms with Crippen LogP contribution in [0.15, 0.2) is 54.9 Å². The van der Waals surface area contributed by atoms with E-state index < -0.39 is 46.4 Å². The van der Waals surface area contributed by atoms with Crippen LogP contribution in [0, 0.1) is 17.5 Å². The number of benzene rings is 2. The number of fused-ring (bicyclic) bond motifs is 1. The van der Waals surface area contributed by atoms with Crippen molar-refractivity contribution in [2.24, 2.45) is 0 Å². The van der Waals surface area contributed by atoms with Crippen LogP contribution in [0.25, 0.3) is 22.2 Å². The molecule has 0 amide bonds. The molecule has 0 saturated heterocycles. The maximum absolute atomic E-state index is 14.4. The number of halogens is 6. The van der Waals surface area contributed by atoms with Crippen LogP contribution in [0.3, 0.4) is 0 Å². The van der Waals surface area contributed by atoms with Crippen molar-refractivity contribution >= 4 is 10.9 Å². The van der Waals surface area contributed by atoms with Gasteiger partial charge in [-0.2, -0.15) is 17.6 Å². The molecule has 10 heteroatoms. The second-order valence-electron chi connectivity index (χ2n) is 6.59. The highest BCUT2D eigenvalue weighted by Gasteiger charge is 2.36. The Kier molecular flexibility index (Phi) is 5.37.